The third-order valence-corrected chi connectivity index (χ3v) is 2.58. The van der Waals surface area contributed by atoms with Gasteiger partial charge in [-0.3, -0.25) is 0 Å². The van der Waals surface area contributed by atoms with Crippen molar-refractivity contribution < 1.29 is 18.3 Å². The molecule has 2 aromatic rings. The number of benzene rings is 2. The zero-order valence-corrected chi connectivity index (χ0v) is 10.0. The van der Waals surface area contributed by atoms with Crippen molar-refractivity contribution in [1.82, 2.24) is 0 Å². The van der Waals surface area contributed by atoms with E-state index >= 15 is 0 Å². The van der Waals surface area contributed by atoms with E-state index in [1.165, 1.54) is 26.4 Å². The quantitative estimate of drug-likeness (QED) is 0.827. The summed E-state index contributed by atoms with van der Waals surface area (Å²) in [5.41, 5.74) is 0.985. The lowest BCUT2D eigenvalue weighted by Crippen LogP contribution is -1.94. The molecule has 0 aromatic heterocycles. The molecule has 2 aromatic carbocycles. The van der Waals surface area contributed by atoms with Gasteiger partial charge in [-0.2, -0.15) is 0 Å². The van der Waals surface area contributed by atoms with Crippen LogP contribution in [0.4, 0.5) is 8.78 Å². The van der Waals surface area contributed by atoms with Gasteiger partial charge in [-0.25, -0.2) is 8.78 Å². The van der Waals surface area contributed by atoms with Crippen LogP contribution in [0.25, 0.3) is 11.1 Å². The van der Waals surface area contributed by atoms with Crippen LogP contribution in [0.15, 0.2) is 36.4 Å². The van der Waals surface area contributed by atoms with E-state index in [1.807, 2.05) is 0 Å². The monoisotopic (exact) mass is 250 g/mol. The lowest BCUT2D eigenvalue weighted by atomic mass is 10.0. The highest BCUT2D eigenvalue weighted by atomic mass is 19.1. The summed E-state index contributed by atoms with van der Waals surface area (Å²) >= 11 is 0. The molecule has 0 aliphatic rings. The molecule has 0 saturated heterocycles. The van der Waals surface area contributed by atoms with Gasteiger partial charge in [-0.1, -0.05) is 12.1 Å². The van der Waals surface area contributed by atoms with Crippen LogP contribution in [-0.2, 0) is 0 Å². The Morgan fingerprint density at radius 3 is 2.11 bits per heavy atom. The van der Waals surface area contributed by atoms with Crippen molar-refractivity contribution in [2.75, 3.05) is 14.2 Å². The Morgan fingerprint density at radius 1 is 0.889 bits per heavy atom. The van der Waals surface area contributed by atoms with Crippen LogP contribution >= 0.6 is 0 Å². The zero-order chi connectivity index (χ0) is 13.1. The van der Waals surface area contributed by atoms with Gasteiger partial charge in [0.25, 0.3) is 0 Å². The SMILES string of the molecule is COc1cccc(-c2cc(F)cc(F)c2)c1OC. The largest absolute Gasteiger partial charge is 0.493 e. The van der Waals surface area contributed by atoms with Crippen LogP contribution in [-0.4, -0.2) is 14.2 Å². The second-order valence-electron chi connectivity index (χ2n) is 3.70. The van der Waals surface area contributed by atoms with E-state index in [4.69, 9.17) is 9.47 Å². The van der Waals surface area contributed by atoms with Gasteiger partial charge in [-0.05, 0) is 23.8 Å². The highest BCUT2D eigenvalue weighted by molar-refractivity contribution is 5.73. The first-order valence-electron chi connectivity index (χ1n) is 5.33. The van der Waals surface area contributed by atoms with Crippen molar-refractivity contribution in [1.29, 1.82) is 0 Å². The van der Waals surface area contributed by atoms with Crippen molar-refractivity contribution in [3.05, 3.63) is 48.0 Å². The Bertz CT molecular complexity index is 547. The van der Waals surface area contributed by atoms with Gasteiger partial charge in [-0.15, -0.1) is 0 Å². The fourth-order valence-corrected chi connectivity index (χ4v) is 1.82. The number of hydrogen-bond acceptors (Lipinski definition) is 2. The third kappa shape index (κ3) is 2.27. The van der Waals surface area contributed by atoms with Gasteiger partial charge in [0.1, 0.15) is 11.6 Å². The molecular weight excluding hydrogens is 238 g/mol. The van der Waals surface area contributed by atoms with Gasteiger partial charge in [0.15, 0.2) is 11.5 Å². The molecule has 94 valence electrons. The second kappa shape index (κ2) is 5.04. The summed E-state index contributed by atoms with van der Waals surface area (Å²) in [6.45, 7) is 0. The molecule has 0 radical (unpaired) electrons. The summed E-state index contributed by atoms with van der Waals surface area (Å²) < 4.78 is 36.8. The van der Waals surface area contributed by atoms with Crippen molar-refractivity contribution in [3.8, 4) is 22.6 Å². The summed E-state index contributed by atoms with van der Waals surface area (Å²) in [5.74, 6) is -0.297. The molecule has 0 N–H and O–H groups in total. The van der Waals surface area contributed by atoms with Crippen LogP contribution < -0.4 is 9.47 Å². The Hall–Kier alpha value is -2.10. The van der Waals surface area contributed by atoms with Crippen LogP contribution in [0.5, 0.6) is 11.5 Å². The van der Waals surface area contributed by atoms with Crippen LogP contribution in [0.1, 0.15) is 0 Å². The first kappa shape index (κ1) is 12.4. The Labute approximate surface area is 104 Å². The number of halogens is 2. The third-order valence-electron chi connectivity index (χ3n) is 2.58. The molecule has 0 bridgehead atoms. The molecule has 2 nitrogen and oxygen atoms in total. The smallest absolute Gasteiger partial charge is 0.168 e. The fraction of sp³-hybridized carbons (Fsp3) is 0.143. The van der Waals surface area contributed by atoms with Gasteiger partial charge < -0.3 is 9.47 Å². The van der Waals surface area contributed by atoms with E-state index in [2.05, 4.69) is 0 Å². The lowest BCUT2D eigenvalue weighted by molar-refractivity contribution is 0.356. The normalized spacial score (nSPS) is 10.2. The minimum Gasteiger partial charge on any atom is -0.493 e. The summed E-state index contributed by atoms with van der Waals surface area (Å²) in [7, 11) is 2.99. The molecule has 4 heteroatoms. The molecule has 0 aliphatic heterocycles. The van der Waals surface area contributed by atoms with Crippen molar-refractivity contribution >= 4 is 0 Å². The van der Waals surface area contributed by atoms with E-state index < -0.39 is 11.6 Å². The lowest BCUT2D eigenvalue weighted by Gasteiger charge is -2.12. The summed E-state index contributed by atoms with van der Waals surface area (Å²) in [5, 5.41) is 0. The summed E-state index contributed by atoms with van der Waals surface area (Å²) in [6.07, 6.45) is 0. The van der Waals surface area contributed by atoms with Gasteiger partial charge in [0.05, 0.1) is 14.2 Å². The Morgan fingerprint density at radius 2 is 1.56 bits per heavy atom. The predicted molar refractivity (Wildman–Crippen MR) is 64.9 cm³/mol. The minimum atomic E-state index is -0.630. The molecule has 18 heavy (non-hydrogen) atoms. The fourth-order valence-electron chi connectivity index (χ4n) is 1.82. The van der Waals surface area contributed by atoms with E-state index in [9.17, 15) is 8.78 Å². The molecule has 0 aliphatic carbocycles. The first-order valence-corrected chi connectivity index (χ1v) is 5.33. The number of para-hydroxylation sites is 1. The topological polar surface area (TPSA) is 18.5 Å². The maximum absolute atomic E-state index is 13.2. The van der Waals surface area contributed by atoms with E-state index in [1.54, 1.807) is 18.2 Å². The summed E-state index contributed by atoms with van der Waals surface area (Å²) in [4.78, 5) is 0. The van der Waals surface area contributed by atoms with Crippen LogP contribution in [0, 0.1) is 11.6 Å². The van der Waals surface area contributed by atoms with Crippen LogP contribution in [0.3, 0.4) is 0 Å². The van der Waals surface area contributed by atoms with Crippen LogP contribution in [0.2, 0.25) is 0 Å². The highest BCUT2D eigenvalue weighted by Crippen LogP contribution is 2.38. The van der Waals surface area contributed by atoms with Gasteiger partial charge in [0, 0.05) is 11.6 Å². The molecular formula is C14H12F2O2. The standard InChI is InChI=1S/C14H12F2O2/c1-17-13-5-3-4-12(14(13)18-2)9-6-10(15)8-11(16)7-9/h3-8H,1-2H3. The Balaban J connectivity index is 2.63. The van der Waals surface area contributed by atoms with Gasteiger partial charge in [0.2, 0.25) is 0 Å². The highest BCUT2D eigenvalue weighted by Gasteiger charge is 2.12. The van der Waals surface area contributed by atoms with E-state index in [-0.39, 0.29) is 0 Å². The van der Waals surface area contributed by atoms with Crippen molar-refractivity contribution in [2.45, 2.75) is 0 Å². The molecule has 2 rings (SSSR count). The molecule has 0 atom stereocenters. The molecule has 0 saturated carbocycles. The Kier molecular flexibility index (Phi) is 3.46. The van der Waals surface area contributed by atoms with Crippen molar-refractivity contribution in [3.63, 3.8) is 0 Å². The number of hydrogen-bond donors (Lipinski definition) is 0. The molecule has 0 fully saturated rings. The predicted octanol–water partition coefficient (Wildman–Crippen LogP) is 3.65. The molecule has 0 amide bonds. The maximum atomic E-state index is 13.2. The number of ether oxygens (including phenoxy) is 2. The van der Waals surface area contributed by atoms with Gasteiger partial charge >= 0.3 is 0 Å². The number of rotatable bonds is 3. The minimum absolute atomic E-state index is 0.406. The average Bonchev–Trinajstić information content (AvgIpc) is 2.36. The van der Waals surface area contributed by atoms with Crippen molar-refractivity contribution in [2.24, 2.45) is 0 Å². The molecule has 0 unspecified atom stereocenters. The zero-order valence-electron chi connectivity index (χ0n) is 10.0. The second-order valence-corrected chi connectivity index (χ2v) is 3.70. The van der Waals surface area contributed by atoms with E-state index in [0.717, 1.165) is 6.07 Å². The molecule has 0 spiro atoms. The summed E-state index contributed by atoms with van der Waals surface area (Å²) in [6, 6.07) is 8.50. The first-order chi connectivity index (χ1) is 8.65. The van der Waals surface area contributed by atoms with E-state index in [0.29, 0.717) is 22.6 Å². The maximum Gasteiger partial charge on any atom is 0.168 e. The number of methoxy groups -OCH3 is 2. The molecule has 0 heterocycles. The average molecular weight is 250 g/mol.